The summed E-state index contributed by atoms with van der Waals surface area (Å²) in [5, 5.41) is 2.59. The minimum absolute atomic E-state index is 0.0787. The van der Waals surface area contributed by atoms with Gasteiger partial charge in [0.15, 0.2) is 11.5 Å². The zero-order chi connectivity index (χ0) is 20.0. The largest absolute Gasteiger partial charge is 0.493 e. The number of alkyl halides is 3. The van der Waals surface area contributed by atoms with E-state index in [4.69, 9.17) is 9.47 Å². The third-order valence-corrected chi connectivity index (χ3v) is 3.81. The van der Waals surface area contributed by atoms with Gasteiger partial charge in [-0.05, 0) is 49.0 Å². The van der Waals surface area contributed by atoms with Crippen LogP contribution in [-0.4, -0.2) is 38.6 Å². The van der Waals surface area contributed by atoms with E-state index < -0.39 is 11.7 Å². The number of rotatable bonds is 7. The average molecular weight is 382 g/mol. The van der Waals surface area contributed by atoms with Crippen LogP contribution in [0.15, 0.2) is 42.5 Å². The molecule has 0 heterocycles. The summed E-state index contributed by atoms with van der Waals surface area (Å²) in [6, 6.07) is 9.80. The second kappa shape index (κ2) is 8.77. The van der Waals surface area contributed by atoms with Crippen LogP contribution in [-0.2, 0) is 17.5 Å². The van der Waals surface area contributed by atoms with E-state index in [1.54, 1.807) is 32.2 Å². The Labute approximate surface area is 155 Å². The first-order chi connectivity index (χ1) is 12.7. The van der Waals surface area contributed by atoms with Gasteiger partial charge in [0, 0.05) is 12.2 Å². The van der Waals surface area contributed by atoms with Gasteiger partial charge in [-0.25, -0.2) is 0 Å². The molecule has 0 bridgehead atoms. The maximum Gasteiger partial charge on any atom is 0.416 e. The third-order valence-electron chi connectivity index (χ3n) is 3.81. The number of benzene rings is 2. The molecule has 0 saturated carbocycles. The van der Waals surface area contributed by atoms with Gasteiger partial charge in [0.2, 0.25) is 5.91 Å². The minimum atomic E-state index is -4.40. The van der Waals surface area contributed by atoms with Gasteiger partial charge in [-0.1, -0.05) is 6.07 Å². The number of halogens is 3. The van der Waals surface area contributed by atoms with Gasteiger partial charge < -0.3 is 14.8 Å². The fourth-order valence-corrected chi connectivity index (χ4v) is 2.53. The molecule has 0 unspecified atom stereocenters. The van der Waals surface area contributed by atoms with Crippen molar-refractivity contribution >= 4 is 11.6 Å². The summed E-state index contributed by atoms with van der Waals surface area (Å²) in [5.74, 6) is 0.888. The van der Waals surface area contributed by atoms with E-state index in [1.807, 2.05) is 12.1 Å². The van der Waals surface area contributed by atoms with E-state index in [0.717, 1.165) is 17.7 Å². The maximum absolute atomic E-state index is 12.6. The molecule has 0 spiro atoms. The summed E-state index contributed by atoms with van der Waals surface area (Å²) < 4.78 is 48.1. The topological polar surface area (TPSA) is 50.8 Å². The second-order valence-electron chi connectivity index (χ2n) is 5.98. The van der Waals surface area contributed by atoms with Crippen LogP contribution in [0.25, 0.3) is 0 Å². The Morgan fingerprint density at radius 3 is 2.22 bits per heavy atom. The monoisotopic (exact) mass is 382 g/mol. The summed E-state index contributed by atoms with van der Waals surface area (Å²) in [7, 11) is 4.86. The van der Waals surface area contributed by atoms with Crippen LogP contribution in [0.3, 0.4) is 0 Å². The number of ether oxygens (including phenoxy) is 2. The first-order valence-corrected chi connectivity index (χ1v) is 8.09. The average Bonchev–Trinajstić information content (AvgIpc) is 2.61. The molecule has 27 heavy (non-hydrogen) atoms. The predicted octanol–water partition coefficient (Wildman–Crippen LogP) is 3.79. The van der Waals surface area contributed by atoms with Crippen molar-refractivity contribution in [3.05, 3.63) is 53.6 Å². The number of nitrogens with one attached hydrogen (secondary N) is 1. The van der Waals surface area contributed by atoms with E-state index in [1.165, 1.54) is 12.1 Å². The van der Waals surface area contributed by atoms with Crippen molar-refractivity contribution in [1.29, 1.82) is 0 Å². The molecular weight excluding hydrogens is 361 g/mol. The van der Waals surface area contributed by atoms with Crippen LogP contribution in [0.4, 0.5) is 18.9 Å². The molecule has 2 aromatic rings. The molecule has 0 aliphatic carbocycles. The van der Waals surface area contributed by atoms with Crippen LogP contribution >= 0.6 is 0 Å². The number of hydrogen-bond donors (Lipinski definition) is 1. The molecule has 0 aromatic heterocycles. The molecule has 1 N–H and O–H groups in total. The molecule has 2 aromatic carbocycles. The van der Waals surface area contributed by atoms with E-state index in [2.05, 4.69) is 5.32 Å². The zero-order valence-electron chi connectivity index (χ0n) is 15.3. The quantitative estimate of drug-likeness (QED) is 0.792. The molecule has 146 valence electrons. The van der Waals surface area contributed by atoms with Crippen molar-refractivity contribution in [2.24, 2.45) is 0 Å². The maximum atomic E-state index is 12.6. The predicted molar refractivity (Wildman–Crippen MR) is 96.0 cm³/mol. The van der Waals surface area contributed by atoms with Crippen molar-refractivity contribution in [3.8, 4) is 11.5 Å². The van der Waals surface area contributed by atoms with E-state index in [-0.39, 0.29) is 12.5 Å². The van der Waals surface area contributed by atoms with Crippen LogP contribution in [0.5, 0.6) is 11.5 Å². The van der Waals surface area contributed by atoms with Gasteiger partial charge in [-0.15, -0.1) is 0 Å². The van der Waals surface area contributed by atoms with Crippen LogP contribution in [0.2, 0.25) is 0 Å². The van der Waals surface area contributed by atoms with Crippen molar-refractivity contribution in [2.75, 3.05) is 33.1 Å². The summed E-state index contributed by atoms with van der Waals surface area (Å²) in [6.45, 7) is 0.566. The molecule has 2 rings (SSSR count). The molecule has 0 aliphatic rings. The van der Waals surface area contributed by atoms with Gasteiger partial charge in [-0.3, -0.25) is 9.69 Å². The standard InChI is InChI=1S/C19H21F3N2O3/c1-24(11-13-4-9-16(26-2)17(10-13)27-3)12-18(25)23-15-7-5-14(6-8-15)19(20,21)22/h4-10H,11-12H2,1-3H3,(H,23,25). The minimum Gasteiger partial charge on any atom is -0.493 e. The Balaban J connectivity index is 1.92. The Hall–Kier alpha value is -2.74. The normalized spacial score (nSPS) is 11.4. The van der Waals surface area contributed by atoms with Gasteiger partial charge in [0.1, 0.15) is 0 Å². The van der Waals surface area contributed by atoms with E-state index in [9.17, 15) is 18.0 Å². The molecule has 0 fully saturated rings. The third kappa shape index (κ3) is 5.89. The zero-order valence-corrected chi connectivity index (χ0v) is 15.3. The molecule has 5 nitrogen and oxygen atoms in total. The van der Waals surface area contributed by atoms with Gasteiger partial charge >= 0.3 is 6.18 Å². The second-order valence-corrected chi connectivity index (χ2v) is 5.98. The molecule has 8 heteroatoms. The highest BCUT2D eigenvalue weighted by Gasteiger charge is 2.30. The SMILES string of the molecule is COc1ccc(CN(C)CC(=O)Nc2ccc(C(F)(F)F)cc2)cc1OC. The molecule has 1 amide bonds. The lowest BCUT2D eigenvalue weighted by Crippen LogP contribution is -2.29. The Bertz CT molecular complexity index is 777. The van der Waals surface area contributed by atoms with Gasteiger partial charge in [0.05, 0.1) is 26.3 Å². The highest BCUT2D eigenvalue weighted by molar-refractivity contribution is 5.92. The lowest BCUT2D eigenvalue weighted by molar-refractivity contribution is -0.137. The molecule has 0 radical (unpaired) electrons. The summed E-state index contributed by atoms with van der Waals surface area (Å²) in [5.41, 5.74) is 0.482. The smallest absolute Gasteiger partial charge is 0.416 e. The van der Waals surface area contributed by atoms with Gasteiger partial charge in [-0.2, -0.15) is 13.2 Å². The number of carbonyl (C=O) groups is 1. The highest BCUT2D eigenvalue weighted by atomic mass is 19.4. The van der Waals surface area contributed by atoms with Gasteiger partial charge in [0.25, 0.3) is 0 Å². The number of nitrogens with zero attached hydrogens (tertiary/aromatic N) is 1. The Morgan fingerprint density at radius 1 is 1.04 bits per heavy atom. The highest BCUT2D eigenvalue weighted by Crippen LogP contribution is 2.30. The number of amides is 1. The van der Waals surface area contributed by atoms with Crippen molar-refractivity contribution < 1.29 is 27.4 Å². The number of likely N-dealkylation sites (N-methyl/N-ethyl adjacent to an activating group) is 1. The fraction of sp³-hybridized carbons (Fsp3) is 0.316. The summed E-state index contributed by atoms with van der Waals surface area (Å²) >= 11 is 0. The van der Waals surface area contributed by atoms with Crippen LogP contribution in [0.1, 0.15) is 11.1 Å². The lowest BCUT2D eigenvalue weighted by Gasteiger charge is -2.17. The lowest BCUT2D eigenvalue weighted by atomic mass is 10.2. The van der Waals surface area contributed by atoms with Crippen molar-refractivity contribution in [1.82, 2.24) is 4.90 Å². The number of hydrogen-bond acceptors (Lipinski definition) is 4. The molecule has 0 aliphatic heterocycles. The first-order valence-electron chi connectivity index (χ1n) is 8.09. The van der Waals surface area contributed by atoms with Crippen LogP contribution in [0, 0.1) is 0 Å². The fourth-order valence-electron chi connectivity index (χ4n) is 2.53. The summed E-state index contributed by atoms with van der Waals surface area (Å²) in [6.07, 6.45) is -4.40. The molecular formula is C19H21F3N2O3. The van der Waals surface area contributed by atoms with Crippen molar-refractivity contribution in [3.63, 3.8) is 0 Å². The number of carbonyl (C=O) groups excluding carboxylic acids is 1. The first kappa shape index (κ1) is 20.6. The summed E-state index contributed by atoms with van der Waals surface area (Å²) in [4.78, 5) is 13.9. The Morgan fingerprint density at radius 2 is 1.67 bits per heavy atom. The van der Waals surface area contributed by atoms with Crippen molar-refractivity contribution in [2.45, 2.75) is 12.7 Å². The molecule has 0 saturated heterocycles. The number of anilines is 1. The van der Waals surface area contributed by atoms with Crippen LogP contribution < -0.4 is 14.8 Å². The number of methoxy groups -OCH3 is 2. The molecule has 0 atom stereocenters. The Kier molecular flexibility index (Phi) is 6.68. The van der Waals surface area contributed by atoms with E-state index in [0.29, 0.717) is 23.7 Å². The van der Waals surface area contributed by atoms with E-state index >= 15 is 0 Å².